The lowest BCUT2D eigenvalue weighted by atomic mass is 10.1. The number of hydrogen-bond donors (Lipinski definition) is 3. The fourth-order valence-corrected chi connectivity index (χ4v) is 2.80. The van der Waals surface area contributed by atoms with Crippen LogP contribution < -0.4 is 10.6 Å². The molecule has 0 aliphatic carbocycles. The van der Waals surface area contributed by atoms with Gasteiger partial charge < -0.3 is 20.4 Å². The van der Waals surface area contributed by atoms with E-state index in [1.165, 1.54) is 10.9 Å². The van der Waals surface area contributed by atoms with Crippen molar-refractivity contribution in [2.24, 2.45) is 0 Å². The minimum absolute atomic E-state index is 0.00736. The number of H-pyrrole nitrogens is 1. The Hall–Kier alpha value is -2.34. The van der Waals surface area contributed by atoms with Crippen LogP contribution in [0.15, 0.2) is 30.5 Å². The fraction of sp³-hybridized carbons (Fsp3) is 0.412. The normalized spacial score (nSPS) is 17.3. The standard InChI is InChI=1S/C17H21N3O3/c21-16(11-20-17(22)15-6-3-9-23-15)18-8-7-12-10-19-14-5-2-1-4-13(12)14/h1-2,4-5,10,15,19H,3,6-9,11H2,(H,18,21)(H,20,22). The number of nitrogens with one attached hydrogen (secondary N) is 3. The van der Waals surface area contributed by atoms with Gasteiger partial charge in [0.15, 0.2) is 0 Å². The molecule has 0 radical (unpaired) electrons. The zero-order valence-electron chi connectivity index (χ0n) is 12.9. The zero-order chi connectivity index (χ0) is 16.1. The van der Waals surface area contributed by atoms with E-state index in [0.717, 1.165) is 24.8 Å². The highest BCUT2D eigenvalue weighted by Crippen LogP contribution is 2.17. The van der Waals surface area contributed by atoms with E-state index in [0.29, 0.717) is 13.2 Å². The number of carbonyl (C=O) groups is 2. The molecule has 6 nitrogen and oxygen atoms in total. The van der Waals surface area contributed by atoms with Gasteiger partial charge in [0.2, 0.25) is 11.8 Å². The quantitative estimate of drug-likeness (QED) is 0.747. The molecule has 0 spiro atoms. The summed E-state index contributed by atoms with van der Waals surface area (Å²) >= 11 is 0. The molecular formula is C17H21N3O3. The third-order valence-electron chi connectivity index (χ3n) is 4.04. The van der Waals surface area contributed by atoms with Crippen LogP contribution in [0.1, 0.15) is 18.4 Å². The van der Waals surface area contributed by atoms with Gasteiger partial charge in [-0.2, -0.15) is 0 Å². The molecule has 1 aromatic heterocycles. The van der Waals surface area contributed by atoms with Crippen molar-refractivity contribution in [2.75, 3.05) is 19.7 Å². The molecule has 1 unspecified atom stereocenters. The Balaban J connectivity index is 1.40. The fourth-order valence-electron chi connectivity index (χ4n) is 2.80. The smallest absolute Gasteiger partial charge is 0.249 e. The first-order chi connectivity index (χ1) is 11.2. The summed E-state index contributed by atoms with van der Waals surface area (Å²) in [7, 11) is 0. The van der Waals surface area contributed by atoms with Crippen LogP contribution >= 0.6 is 0 Å². The predicted octanol–water partition coefficient (Wildman–Crippen LogP) is 1.12. The summed E-state index contributed by atoms with van der Waals surface area (Å²) in [6.45, 7) is 1.15. The van der Waals surface area contributed by atoms with Gasteiger partial charge in [0.1, 0.15) is 6.10 Å². The first-order valence-corrected chi connectivity index (χ1v) is 7.95. The highest BCUT2D eigenvalue weighted by atomic mass is 16.5. The molecule has 1 aliphatic rings. The average Bonchev–Trinajstić information content (AvgIpc) is 3.23. The summed E-state index contributed by atoms with van der Waals surface area (Å²) in [4.78, 5) is 26.7. The van der Waals surface area contributed by atoms with Crippen molar-refractivity contribution in [3.63, 3.8) is 0 Å². The lowest BCUT2D eigenvalue weighted by Crippen LogP contribution is -2.41. The maximum atomic E-state index is 11.8. The highest BCUT2D eigenvalue weighted by molar-refractivity contribution is 5.87. The van der Waals surface area contributed by atoms with Gasteiger partial charge in [-0.15, -0.1) is 0 Å². The van der Waals surface area contributed by atoms with E-state index in [4.69, 9.17) is 4.74 Å². The van der Waals surface area contributed by atoms with Gasteiger partial charge in [-0.05, 0) is 30.9 Å². The molecular weight excluding hydrogens is 294 g/mol. The molecule has 3 N–H and O–H groups in total. The monoisotopic (exact) mass is 315 g/mol. The Bertz CT molecular complexity index is 689. The van der Waals surface area contributed by atoms with Gasteiger partial charge in [0.05, 0.1) is 6.54 Å². The van der Waals surface area contributed by atoms with Crippen molar-refractivity contribution in [3.8, 4) is 0 Å². The van der Waals surface area contributed by atoms with Gasteiger partial charge >= 0.3 is 0 Å². The number of benzene rings is 1. The second kappa shape index (κ2) is 7.28. The summed E-state index contributed by atoms with van der Waals surface area (Å²) in [6.07, 6.45) is 3.95. The van der Waals surface area contributed by atoms with Crippen LogP contribution in [0.4, 0.5) is 0 Å². The first kappa shape index (κ1) is 15.6. The van der Waals surface area contributed by atoms with Crippen molar-refractivity contribution in [1.82, 2.24) is 15.6 Å². The van der Waals surface area contributed by atoms with E-state index >= 15 is 0 Å². The third-order valence-corrected chi connectivity index (χ3v) is 4.04. The Kier molecular flexibility index (Phi) is 4.92. The first-order valence-electron chi connectivity index (χ1n) is 7.95. The number of aromatic amines is 1. The molecule has 3 rings (SSSR count). The van der Waals surface area contributed by atoms with E-state index in [1.54, 1.807) is 0 Å². The third kappa shape index (κ3) is 3.90. The van der Waals surface area contributed by atoms with Crippen molar-refractivity contribution >= 4 is 22.7 Å². The zero-order valence-corrected chi connectivity index (χ0v) is 12.9. The van der Waals surface area contributed by atoms with Crippen LogP contribution in [0.25, 0.3) is 10.9 Å². The number of hydrogen-bond acceptors (Lipinski definition) is 3. The van der Waals surface area contributed by atoms with Gasteiger partial charge in [0.25, 0.3) is 0 Å². The SMILES string of the molecule is O=C(CNC(=O)C1CCCO1)NCCc1c[nH]c2ccccc12. The van der Waals surface area contributed by atoms with E-state index in [9.17, 15) is 9.59 Å². The van der Waals surface area contributed by atoms with Crippen molar-refractivity contribution in [1.29, 1.82) is 0 Å². The minimum Gasteiger partial charge on any atom is -0.368 e. The number of para-hydroxylation sites is 1. The van der Waals surface area contributed by atoms with Crippen LogP contribution in [0.3, 0.4) is 0 Å². The minimum atomic E-state index is -0.394. The predicted molar refractivity (Wildman–Crippen MR) is 87.0 cm³/mol. The summed E-state index contributed by atoms with van der Waals surface area (Å²) in [6, 6.07) is 8.07. The van der Waals surface area contributed by atoms with E-state index < -0.39 is 6.10 Å². The molecule has 1 aliphatic heterocycles. The Morgan fingerprint density at radius 1 is 1.26 bits per heavy atom. The number of amides is 2. The molecule has 122 valence electrons. The van der Waals surface area contributed by atoms with Gasteiger partial charge in [-0.25, -0.2) is 0 Å². The van der Waals surface area contributed by atoms with Gasteiger partial charge in [0, 0.05) is 30.3 Å². The molecule has 2 heterocycles. The highest BCUT2D eigenvalue weighted by Gasteiger charge is 2.23. The van der Waals surface area contributed by atoms with Crippen LogP contribution in [-0.4, -0.2) is 42.6 Å². The number of rotatable bonds is 6. The molecule has 0 saturated carbocycles. The lowest BCUT2D eigenvalue weighted by Gasteiger charge is -2.10. The Morgan fingerprint density at radius 2 is 2.13 bits per heavy atom. The second-order valence-corrected chi connectivity index (χ2v) is 5.68. The van der Waals surface area contributed by atoms with E-state index in [1.807, 2.05) is 24.4 Å². The van der Waals surface area contributed by atoms with Crippen molar-refractivity contribution < 1.29 is 14.3 Å². The molecule has 1 fully saturated rings. The average molecular weight is 315 g/mol. The van der Waals surface area contributed by atoms with Gasteiger partial charge in [-0.1, -0.05) is 18.2 Å². The largest absolute Gasteiger partial charge is 0.368 e. The summed E-state index contributed by atoms with van der Waals surface area (Å²) in [5.41, 5.74) is 2.27. The van der Waals surface area contributed by atoms with Crippen molar-refractivity contribution in [2.45, 2.75) is 25.4 Å². The molecule has 1 saturated heterocycles. The number of ether oxygens (including phenoxy) is 1. The van der Waals surface area contributed by atoms with Crippen LogP contribution in [0.5, 0.6) is 0 Å². The van der Waals surface area contributed by atoms with Crippen LogP contribution in [0.2, 0.25) is 0 Å². The maximum absolute atomic E-state index is 11.8. The topological polar surface area (TPSA) is 83.2 Å². The molecule has 23 heavy (non-hydrogen) atoms. The molecule has 2 amide bonds. The van der Waals surface area contributed by atoms with Crippen LogP contribution in [-0.2, 0) is 20.7 Å². The summed E-state index contributed by atoms with van der Waals surface area (Å²) < 4.78 is 5.27. The molecule has 0 bridgehead atoms. The lowest BCUT2D eigenvalue weighted by molar-refractivity contribution is -0.132. The number of fused-ring (bicyclic) bond motifs is 1. The number of aromatic nitrogens is 1. The van der Waals surface area contributed by atoms with E-state index in [-0.39, 0.29) is 18.4 Å². The number of carbonyl (C=O) groups excluding carboxylic acids is 2. The molecule has 1 atom stereocenters. The van der Waals surface area contributed by atoms with E-state index in [2.05, 4.69) is 21.7 Å². The maximum Gasteiger partial charge on any atom is 0.249 e. The Labute approximate surface area is 134 Å². The summed E-state index contributed by atoms with van der Waals surface area (Å²) in [5, 5.41) is 6.61. The second-order valence-electron chi connectivity index (χ2n) is 5.68. The van der Waals surface area contributed by atoms with Crippen LogP contribution in [0, 0.1) is 0 Å². The van der Waals surface area contributed by atoms with Crippen molar-refractivity contribution in [3.05, 3.63) is 36.0 Å². The van der Waals surface area contributed by atoms with Gasteiger partial charge in [-0.3, -0.25) is 9.59 Å². The summed E-state index contributed by atoms with van der Waals surface area (Å²) in [5.74, 6) is -0.384. The molecule has 2 aromatic rings. The molecule has 6 heteroatoms. The Morgan fingerprint density at radius 3 is 2.96 bits per heavy atom. The molecule has 1 aromatic carbocycles.